The van der Waals surface area contributed by atoms with E-state index < -0.39 is 5.97 Å². The largest absolute Gasteiger partial charge is 0.508 e. The smallest absolute Gasteiger partial charge is 0.335 e. The molecule has 0 radical (unpaired) electrons. The van der Waals surface area contributed by atoms with Crippen molar-refractivity contribution in [3.63, 3.8) is 0 Å². The molecule has 0 fully saturated rings. The Balaban J connectivity index is 0.000000465. The molecule has 0 aliphatic rings. The van der Waals surface area contributed by atoms with Crippen LogP contribution in [0.1, 0.15) is 41.0 Å². The number of carbonyl (C=O) groups excluding carboxylic acids is 1. The Morgan fingerprint density at radius 3 is 2.28 bits per heavy atom. The Labute approximate surface area is 145 Å². The van der Waals surface area contributed by atoms with Crippen LogP contribution in [0.2, 0.25) is 0 Å². The first kappa shape index (κ1) is 21.7. The van der Waals surface area contributed by atoms with Gasteiger partial charge in [0.1, 0.15) is 5.75 Å². The number of carbonyl (C=O) groups is 2. The van der Waals surface area contributed by atoms with Crippen molar-refractivity contribution in [1.29, 1.82) is 0 Å². The van der Waals surface area contributed by atoms with Crippen LogP contribution in [-0.2, 0) is 0 Å². The second kappa shape index (κ2) is 11.3. The van der Waals surface area contributed by atoms with Crippen molar-refractivity contribution in [1.82, 2.24) is 10.4 Å². The molecule has 1 aromatic heterocycles. The quantitative estimate of drug-likeness (QED) is 0.571. The lowest BCUT2D eigenvalue weighted by atomic mass is 10.2. The van der Waals surface area contributed by atoms with E-state index in [1.165, 1.54) is 24.3 Å². The van der Waals surface area contributed by atoms with Crippen LogP contribution in [0.25, 0.3) is 0 Å². The molecule has 2 aromatic rings. The van der Waals surface area contributed by atoms with Gasteiger partial charge in [-0.3, -0.25) is 9.78 Å². The van der Waals surface area contributed by atoms with Gasteiger partial charge in [-0.25, -0.2) is 10.2 Å². The predicted molar refractivity (Wildman–Crippen MR) is 93.8 cm³/mol. The van der Waals surface area contributed by atoms with Crippen molar-refractivity contribution >= 4 is 17.6 Å². The van der Waals surface area contributed by atoms with Crippen molar-refractivity contribution < 1.29 is 25.3 Å². The number of hydrogen-bond donors (Lipinski definition) is 3. The fourth-order valence-corrected chi connectivity index (χ4v) is 1.43. The summed E-state index contributed by atoms with van der Waals surface area (Å²) in [5.74, 6) is -1.27. The third kappa shape index (κ3) is 8.24. The highest BCUT2D eigenvalue weighted by molar-refractivity contribution is 5.95. The lowest BCUT2D eigenvalue weighted by molar-refractivity contribution is 0.0696. The molecule has 0 aliphatic carbocycles. The zero-order valence-corrected chi connectivity index (χ0v) is 13.9. The Bertz CT molecular complexity index is 717. The van der Waals surface area contributed by atoms with Gasteiger partial charge in [0, 0.05) is 23.7 Å². The van der Waals surface area contributed by atoms with E-state index in [1.807, 2.05) is 13.8 Å². The molecule has 0 saturated carbocycles. The summed E-state index contributed by atoms with van der Waals surface area (Å²) in [5, 5.41) is 21.1. The van der Waals surface area contributed by atoms with Gasteiger partial charge in [-0.05, 0) is 43.7 Å². The van der Waals surface area contributed by atoms with Crippen LogP contribution in [0.5, 0.6) is 5.75 Å². The summed E-state index contributed by atoms with van der Waals surface area (Å²) in [6.45, 7) is 3.85. The van der Waals surface area contributed by atoms with Crippen LogP contribution >= 0.6 is 0 Å². The Morgan fingerprint density at radius 2 is 1.80 bits per heavy atom. The lowest BCUT2D eigenvalue weighted by Crippen LogP contribution is -2.18. The highest BCUT2D eigenvalue weighted by Crippen LogP contribution is 2.09. The Kier molecular flexibility index (Phi) is 9.83. The summed E-state index contributed by atoms with van der Waals surface area (Å²) in [7, 11) is 0. The summed E-state index contributed by atoms with van der Waals surface area (Å²) in [6, 6.07) is 8.81. The molecule has 1 heterocycles. The summed E-state index contributed by atoms with van der Waals surface area (Å²) in [5.41, 5.74) is 4.03. The number of nitrogens with zero attached hydrogens (tertiary/aromatic N) is 2. The number of aromatic carboxylic acids is 1. The first-order valence-corrected chi connectivity index (χ1v) is 7.20. The molecule has 0 bridgehead atoms. The van der Waals surface area contributed by atoms with Gasteiger partial charge in [0.15, 0.2) is 0 Å². The molecule has 1 amide bonds. The van der Waals surface area contributed by atoms with Crippen molar-refractivity contribution in [3.8, 4) is 5.75 Å². The third-order valence-electron chi connectivity index (χ3n) is 2.90. The van der Waals surface area contributed by atoms with Gasteiger partial charge in [0.25, 0.3) is 5.91 Å². The van der Waals surface area contributed by atoms with Crippen LogP contribution in [-0.4, -0.2) is 38.3 Å². The first-order chi connectivity index (χ1) is 11.4. The van der Waals surface area contributed by atoms with Crippen LogP contribution in [0, 0.1) is 0 Å². The molecule has 0 spiro atoms. The first-order valence-electron chi connectivity index (χ1n) is 7.20. The second-order valence-corrected chi connectivity index (χ2v) is 4.73. The number of rotatable bonds is 4. The fourth-order valence-electron chi connectivity index (χ4n) is 1.43. The van der Waals surface area contributed by atoms with Gasteiger partial charge >= 0.3 is 5.97 Å². The van der Waals surface area contributed by atoms with Gasteiger partial charge in [-0.1, -0.05) is 13.0 Å². The summed E-state index contributed by atoms with van der Waals surface area (Å²) >= 11 is 0. The summed E-state index contributed by atoms with van der Waals surface area (Å²) in [4.78, 5) is 25.5. The number of hydrazone groups is 1. The topological polar surface area (TPSA) is 143 Å². The molecule has 0 unspecified atom stereocenters. The number of nitrogens with one attached hydrogen (secondary N) is 1. The minimum absolute atomic E-state index is 0. The number of carboxylic acids is 1. The normalized spacial score (nSPS) is 9.92. The van der Waals surface area contributed by atoms with E-state index in [9.17, 15) is 9.59 Å². The summed E-state index contributed by atoms with van der Waals surface area (Å²) < 4.78 is 0. The highest BCUT2D eigenvalue weighted by atomic mass is 16.4. The predicted octanol–water partition coefficient (Wildman–Crippen LogP) is 1.86. The van der Waals surface area contributed by atoms with E-state index in [4.69, 9.17) is 10.2 Å². The van der Waals surface area contributed by atoms with Gasteiger partial charge in [-0.15, -0.1) is 0 Å². The number of aromatic hydroxyl groups is 1. The van der Waals surface area contributed by atoms with E-state index in [0.29, 0.717) is 5.56 Å². The number of phenols is 1. The van der Waals surface area contributed by atoms with Gasteiger partial charge in [-0.2, -0.15) is 5.10 Å². The molecule has 1 aromatic carbocycles. The van der Waals surface area contributed by atoms with E-state index in [1.54, 1.807) is 24.5 Å². The number of pyridine rings is 1. The Morgan fingerprint density at radius 1 is 1.16 bits per heavy atom. The molecule has 0 saturated heterocycles. The molecule has 5 N–H and O–H groups in total. The van der Waals surface area contributed by atoms with E-state index in [0.717, 1.165) is 12.1 Å². The number of hydrogen-bond acceptors (Lipinski definition) is 5. The molecular weight excluding hydrogens is 326 g/mol. The molecule has 8 heteroatoms. The van der Waals surface area contributed by atoms with E-state index in [-0.39, 0.29) is 22.7 Å². The highest BCUT2D eigenvalue weighted by Gasteiger charge is 2.02. The average Bonchev–Trinajstić information content (AvgIpc) is 2.60. The van der Waals surface area contributed by atoms with Crippen LogP contribution < -0.4 is 5.43 Å². The number of amides is 1. The van der Waals surface area contributed by atoms with Crippen molar-refractivity contribution in [2.24, 2.45) is 5.10 Å². The van der Waals surface area contributed by atoms with Gasteiger partial charge in [0.05, 0.1) is 5.56 Å². The molecular formula is C17H21N3O5. The molecule has 8 nitrogen and oxygen atoms in total. The molecule has 25 heavy (non-hydrogen) atoms. The number of carboxylic acid groups (broad SMARTS) is 1. The molecule has 134 valence electrons. The van der Waals surface area contributed by atoms with E-state index >= 15 is 0 Å². The number of aromatic nitrogens is 1. The molecule has 0 aliphatic heterocycles. The zero-order valence-electron chi connectivity index (χ0n) is 13.9. The van der Waals surface area contributed by atoms with Crippen molar-refractivity contribution in [2.45, 2.75) is 20.3 Å². The zero-order chi connectivity index (χ0) is 17.9. The molecule has 2 rings (SSSR count). The number of phenolic OH excluding ortho intramolecular Hbond substituents is 1. The maximum atomic E-state index is 11.4. The van der Waals surface area contributed by atoms with Crippen molar-refractivity contribution in [2.75, 3.05) is 0 Å². The van der Waals surface area contributed by atoms with Crippen molar-refractivity contribution in [3.05, 3.63) is 59.9 Å². The molecule has 0 atom stereocenters. The van der Waals surface area contributed by atoms with Crippen LogP contribution in [0.4, 0.5) is 0 Å². The average molecular weight is 347 g/mol. The van der Waals surface area contributed by atoms with Crippen LogP contribution in [0.3, 0.4) is 0 Å². The lowest BCUT2D eigenvalue weighted by Gasteiger charge is -1.99. The minimum atomic E-state index is -1.03. The second-order valence-electron chi connectivity index (χ2n) is 4.73. The maximum absolute atomic E-state index is 11.4. The number of benzene rings is 1. The van der Waals surface area contributed by atoms with Gasteiger partial charge in [0.2, 0.25) is 0 Å². The summed E-state index contributed by atoms with van der Waals surface area (Å²) in [6.07, 6.45) is 3.98. The van der Waals surface area contributed by atoms with Gasteiger partial charge < -0.3 is 15.7 Å². The Hall–Kier alpha value is -3.26. The van der Waals surface area contributed by atoms with E-state index in [2.05, 4.69) is 15.5 Å². The minimum Gasteiger partial charge on any atom is -0.508 e. The van der Waals surface area contributed by atoms with Crippen LogP contribution in [0.15, 0.2) is 53.9 Å². The maximum Gasteiger partial charge on any atom is 0.335 e. The SMILES string of the molecule is CC/C(C)=N/NC(=O)c1ccncc1.O.O=C(O)c1cccc(O)c1. The monoisotopic (exact) mass is 347 g/mol. The standard InChI is InChI=1S/C10H13N3O.C7H6O3.H2O/c1-3-8(2)12-13-10(14)9-4-6-11-7-5-9;8-6-3-1-2-5(4-6)7(9)10;/h4-7H,3H2,1-2H3,(H,13,14);1-4,8H,(H,9,10);1H2/b12-8+;;. The third-order valence-corrected chi connectivity index (χ3v) is 2.90. The fraction of sp³-hybridized carbons (Fsp3) is 0.176.